The summed E-state index contributed by atoms with van der Waals surface area (Å²) in [6.07, 6.45) is 1.73. The summed E-state index contributed by atoms with van der Waals surface area (Å²) < 4.78 is 0. The number of aliphatic hydroxyl groups is 1. The summed E-state index contributed by atoms with van der Waals surface area (Å²) in [5, 5.41) is 11.7. The molecule has 0 saturated carbocycles. The minimum atomic E-state index is 0.260. The van der Waals surface area contributed by atoms with Crippen LogP contribution in [0.5, 0.6) is 0 Å². The van der Waals surface area contributed by atoms with Gasteiger partial charge in [-0.15, -0.1) is 11.3 Å². The fraction of sp³-hybridized carbons (Fsp3) is 0.571. The maximum atomic E-state index is 8.51. The number of hydrogen-bond acceptors (Lipinski definition) is 3. The highest BCUT2D eigenvalue weighted by molar-refractivity contribution is 7.09. The van der Waals surface area contributed by atoms with Crippen molar-refractivity contribution in [2.24, 2.45) is 0 Å². The highest BCUT2D eigenvalue weighted by atomic mass is 32.1. The molecule has 1 heterocycles. The Balaban J connectivity index is 2.42. The molecule has 0 saturated heterocycles. The zero-order chi connectivity index (χ0) is 7.40. The molecule has 56 valence electrons. The van der Waals surface area contributed by atoms with E-state index in [0.29, 0.717) is 0 Å². The van der Waals surface area contributed by atoms with Gasteiger partial charge in [-0.05, 0) is 19.8 Å². The Labute approximate surface area is 64.5 Å². The molecule has 0 aliphatic heterocycles. The van der Waals surface area contributed by atoms with Crippen molar-refractivity contribution in [1.29, 1.82) is 0 Å². The average molecular weight is 157 g/mol. The Hall–Kier alpha value is -0.410. The fourth-order valence-electron chi connectivity index (χ4n) is 0.783. The van der Waals surface area contributed by atoms with E-state index in [1.165, 1.54) is 0 Å². The number of rotatable bonds is 3. The van der Waals surface area contributed by atoms with Gasteiger partial charge in [0.1, 0.15) is 0 Å². The van der Waals surface area contributed by atoms with E-state index in [1.54, 1.807) is 11.3 Å². The second-order valence-electron chi connectivity index (χ2n) is 2.19. The van der Waals surface area contributed by atoms with Crippen molar-refractivity contribution in [2.45, 2.75) is 19.8 Å². The summed E-state index contributed by atoms with van der Waals surface area (Å²) in [6, 6.07) is 0. The Kier molecular flexibility index (Phi) is 2.83. The van der Waals surface area contributed by atoms with E-state index in [9.17, 15) is 0 Å². The van der Waals surface area contributed by atoms with Crippen LogP contribution >= 0.6 is 11.3 Å². The zero-order valence-electron chi connectivity index (χ0n) is 6.00. The van der Waals surface area contributed by atoms with E-state index in [1.807, 2.05) is 12.3 Å². The highest BCUT2D eigenvalue weighted by Gasteiger charge is 1.95. The summed E-state index contributed by atoms with van der Waals surface area (Å²) >= 11 is 1.66. The summed E-state index contributed by atoms with van der Waals surface area (Å²) in [5.74, 6) is 0. The molecule has 0 aliphatic carbocycles. The Morgan fingerprint density at radius 3 is 3.00 bits per heavy atom. The van der Waals surface area contributed by atoms with Crippen molar-refractivity contribution in [1.82, 2.24) is 4.98 Å². The van der Waals surface area contributed by atoms with Crippen molar-refractivity contribution < 1.29 is 5.11 Å². The molecule has 0 amide bonds. The predicted molar refractivity (Wildman–Crippen MR) is 42.3 cm³/mol. The van der Waals surface area contributed by atoms with Crippen molar-refractivity contribution in [3.05, 3.63) is 16.1 Å². The van der Waals surface area contributed by atoms with Gasteiger partial charge in [0.05, 0.1) is 10.7 Å². The van der Waals surface area contributed by atoms with Gasteiger partial charge in [0, 0.05) is 12.0 Å². The number of aromatic nitrogens is 1. The zero-order valence-corrected chi connectivity index (χ0v) is 6.82. The average Bonchev–Trinajstić information content (AvgIpc) is 2.31. The molecule has 0 bridgehead atoms. The first-order valence-corrected chi connectivity index (χ1v) is 4.23. The minimum absolute atomic E-state index is 0.260. The van der Waals surface area contributed by atoms with Crippen LogP contribution < -0.4 is 0 Å². The molecule has 0 unspecified atom stereocenters. The van der Waals surface area contributed by atoms with E-state index < -0.39 is 0 Å². The molecule has 0 aliphatic rings. The third-order valence-corrected chi connectivity index (χ3v) is 2.08. The summed E-state index contributed by atoms with van der Waals surface area (Å²) in [7, 11) is 0. The lowest BCUT2D eigenvalue weighted by Crippen LogP contribution is -1.88. The Bertz CT molecular complexity index is 197. The normalized spacial score (nSPS) is 10.2. The lowest BCUT2D eigenvalue weighted by Gasteiger charge is -1.89. The smallest absolute Gasteiger partial charge is 0.0897 e. The van der Waals surface area contributed by atoms with Crippen molar-refractivity contribution >= 4 is 11.3 Å². The maximum absolute atomic E-state index is 8.51. The second-order valence-corrected chi connectivity index (χ2v) is 3.25. The molecule has 0 aromatic carbocycles. The fourth-order valence-corrected chi connectivity index (χ4v) is 1.43. The molecule has 1 aromatic heterocycles. The van der Waals surface area contributed by atoms with E-state index in [0.717, 1.165) is 23.5 Å². The van der Waals surface area contributed by atoms with E-state index in [2.05, 4.69) is 4.98 Å². The Morgan fingerprint density at radius 1 is 1.70 bits per heavy atom. The Morgan fingerprint density at radius 2 is 2.50 bits per heavy atom. The lowest BCUT2D eigenvalue weighted by atomic mass is 10.3. The first-order valence-electron chi connectivity index (χ1n) is 3.35. The number of aryl methyl sites for hydroxylation is 2. The van der Waals surface area contributed by atoms with Crippen LogP contribution in [-0.4, -0.2) is 16.7 Å². The maximum Gasteiger partial charge on any atom is 0.0897 e. The van der Waals surface area contributed by atoms with Crippen molar-refractivity contribution in [2.75, 3.05) is 6.61 Å². The van der Waals surface area contributed by atoms with Crippen molar-refractivity contribution in [3.63, 3.8) is 0 Å². The quantitative estimate of drug-likeness (QED) is 0.719. The van der Waals surface area contributed by atoms with Gasteiger partial charge in [-0.3, -0.25) is 0 Å². The SMILES string of the molecule is Cc1nc(CCCO)cs1. The third kappa shape index (κ3) is 2.08. The van der Waals surface area contributed by atoms with Gasteiger partial charge >= 0.3 is 0 Å². The third-order valence-electron chi connectivity index (χ3n) is 1.26. The molecular weight excluding hydrogens is 146 g/mol. The van der Waals surface area contributed by atoms with Crippen LogP contribution in [0, 0.1) is 6.92 Å². The van der Waals surface area contributed by atoms with Gasteiger partial charge in [0.25, 0.3) is 0 Å². The molecule has 0 spiro atoms. The molecular formula is C7H11NOS. The van der Waals surface area contributed by atoms with Gasteiger partial charge in [-0.25, -0.2) is 4.98 Å². The van der Waals surface area contributed by atoms with Crippen LogP contribution in [0.25, 0.3) is 0 Å². The molecule has 2 nitrogen and oxygen atoms in total. The number of aliphatic hydroxyl groups excluding tert-OH is 1. The summed E-state index contributed by atoms with van der Waals surface area (Å²) in [6.45, 7) is 2.25. The first kappa shape index (κ1) is 7.69. The minimum Gasteiger partial charge on any atom is -0.396 e. The molecule has 1 N–H and O–H groups in total. The standard InChI is InChI=1S/C7H11NOS/c1-6-8-7(5-10-6)3-2-4-9/h5,9H,2-4H2,1H3. The second kappa shape index (κ2) is 3.68. The largest absolute Gasteiger partial charge is 0.396 e. The van der Waals surface area contributed by atoms with Crippen LogP contribution in [0.1, 0.15) is 17.1 Å². The van der Waals surface area contributed by atoms with Crippen LogP contribution in [-0.2, 0) is 6.42 Å². The van der Waals surface area contributed by atoms with Crippen LogP contribution in [0.15, 0.2) is 5.38 Å². The van der Waals surface area contributed by atoms with Gasteiger partial charge in [0.2, 0.25) is 0 Å². The van der Waals surface area contributed by atoms with E-state index in [4.69, 9.17) is 5.11 Å². The van der Waals surface area contributed by atoms with Crippen LogP contribution in [0.3, 0.4) is 0 Å². The molecule has 3 heteroatoms. The number of hydrogen-bond donors (Lipinski definition) is 1. The molecule has 0 fully saturated rings. The predicted octanol–water partition coefficient (Wildman–Crippen LogP) is 1.38. The van der Waals surface area contributed by atoms with Gasteiger partial charge < -0.3 is 5.11 Å². The van der Waals surface area contributed by atoms with Gasteiger partial charge in [-0.1, -0.05) is 0 Å². The topological polar surface area (TPSA) is 33.1 Å². The van der Waals surface area contributed by atoms with Crippen LogP contribution in [0.2, 0.25) is 0 Å². The summed E-state index contributed by atoms with van der Waals surface area (Å²) in [4.78, 5) is 4.26. The van der Waals surface area contributed by atoms with Crippen molar-refractivity contribution in [3.8, 4) is 0 Å². The number of nitrogens with zero attached hydrogens (tertiary/aromatic N) is 1. The first-order chi connectivity index (χ1) is 4.83. The van der Waals surface area contributed by atoms with Gasteiger partial charge in [-0.2, -0.15) is 0 Å². The monoisotopic (exact) mass is 157 g/mol. The lowest BCUT2D eigenvalue weighted by molar-refractivity contribution is 0.288. The summed E-state index contributed by atoms with van der Waals surface area (Å²) in [5.41, 5.74) is 1.11. The van der Waals surface area contributed by atoms with Crippen LogP contribution in [0.4, 0.5) is 0 Å². The molecule has 0 atom stereocenters. The molecule has 10 heavy (non-hydrogen) atoms. The van der Waals surface area contributed by atoms with E-state index >= 15 is 0 Å². The van der Waals surface area contributed by atoms with Gasteiger partial charge in [0.15, 0.2) is 0 Å². The van der Waals surface area contributed by atoms with E-state index in [-0.39, 0.29) is 6.61 Å². The molecule has 1 aromatic rings. The molecule has 1 rings (SSSR count). The number of thiazole rings is 1. The molecule has 0 radical (unpaired) electrons. The highest BCUT2D eigenvalue weighted by Crippen LogP contribution is 2.08.